The van der Waals surface area contributed by atoms with Crippen molar-refractivity contribution in [2.75, 3.05) is 0 Å². The first-order valence-electron chi connectivity index (χ1n) is 9.16. The Labute approximate surface area is 164 Å². The van der Waals surface area contributed by atoms with Gasteiger partial charge in [-0.1, -0.05) is 74.5 Å². The Morgan fingerprint density at radius 2 is 1.32 bits per heavy atom. The van der Waals surface area contributed by atoms with Gasteiger partial charge in [-0.05, 0) is 11.1 Å². The van der Waals surface area contributed by atoms with Crippen molar-refractivity contribution in [1.29, 1.82) is 0 Å². The number of nitrogens with one attached hydrogen (secondary N) is 1. The van der Waals surface area contributed by atoms with Crippen LogP contribution in [0.15, 0.2) is 60.7 Å². The summed E-state index contributed by atoms with van der Waals surface area (Å²) >= 11 is 0. The van der Waals surface area contributed by atoms with Crippen LogP contribution in [0.5, 0.6) is 0 Å². The van der Waals surface area contributed by atoms with E-state index in [1.54, 1.807) is 13.8 Å². The largest absolute Gasteiger partial charge is 0.461 e. The molecule has 0 saturated carbocycles. The number of rotatable bonds is 9. The van der Waals surface area contributed by atoms with Gasteiger partial charge in [0.2, 0.25) is 5.91 Å². The first kappa shape index (κ1) is 21.2. The quantitative estimate of drug-likeness (QED) is 0.673. The van der Waals surface area contributed by atoms with E-state index >= 15 is 0 Å². The van der Waals surface area contributed by atoms with Gasteiger partial charge >= 0.3 is 11.9 Å². The Morgan fingerprint density at radius 3 is 1.82 bits per heavy atom. The maximum absolute atomic E-state index is 12.4. The maximum Gasteiger partial charge on any atom is 0.329 e. The molecule has 0 unspecified atom stereocenters. The maximum atomic E-state index is 12.4. The predicted molar refractivity (Wildman–Crippen MR) is 104 cm³/mol. The van der Waals surface area contributed by atoms with Crippen LogP contribution in [0.1, 0.15) is 31.4 Å². The molecule has 0 bridgehead atoms. The van der Waals surface area contributed by atoms with Crippen LogP contribution in [0.4, 0.5) is 0 Å². The van der Waals surface area contributed by atoms with Gasteiger partial charge in [-0.2, -0.15) is 0 Å². The molecular weight excluding hydrogens is 358 g/mol. The number of benzene rings is 2. The lowest BCUT2D eigenvalue weighted by atomic mass is 10.1. The number of esters is 2. The van der Waals surface area contributed by atoms with Crippen molar-refractivity contribution < 1.29 is 23.9 Å². The molecule has 2 aromatic rings. The van der Waals surface area contributed by atoms with E-state index in [9.17, 15) is 14.4 Å². The summed E-state index contributed by atoms with van der Waals surface area (Å²) in [5.74, 6) is -1.92. The topological polar surface area (TPSA) is 81.7 Å². The van der Waals surface area contributed by atoms with Crippen LogP contribution in [0, 0.1) is 5.92 Å². The molecule has 6 nitrogen and oxygen atoms in total. The number of amides is 1. The lowest BCUT2D eigenvalue weighted by Crippen LogP contribution is -2.45. The molecule has 1 amide bonds. The summed E-state index contributed by atoms with van der Waals surface area (Å²) in [6.45, 7) is 3.57. The van der Waals surface area contributed by atoms with E-state index in [0.717, 1.165) is 11.1 Å². The van der Waals surface area contributed by atoms with Gasteiger partial charge in [0.05, 0.1) is 6.42 Å². The summed E-state index contributed by atoms with van der Waals surface area (Å²) in [5, 5.41) is 2.57. The van der Waals surface area contributed by atoms with E-state index in [0.29, 0.717) is 0 Å². The monoisotopic (exact) mass is 383 g/mol. The third kappa shape index (κ3) is 7.23. The molecule has 0 heterocycles. The van der Waals surface area contributed by atoms with Gasteiger partial charge in [0.1, 0.15) is 19.3 Å². The van der Waals surface area contributed by atoms with E-state index in [4.69, 9.17) is 9.47 Å². The van der Waals surface area contributed by atoms with Crippen LogP contribution in [0.2, 0.25) is 0 Å². The Hall–Kier alpha value is -3.15. The highest BCUT2D eigenvalue weighted by atomic mass is 16.5. The number of hydrogen-bond donors (Lipinski definition) is 1. The second-order valence-corrected chi connectivity index (χ2v) is 6.66. The van der Waals surface area contributed by atoms with Crippen molar-refractivity contribution in [1.82, 2.24) is 5.32 Å². The molecule has 0 aromatic heterocycles. The van der Waals surface area contributed by atoms with Crippen molar-refractivity contribution in [3.05, 3.63) is 71.8 Å². The molecule has 148 valence electrons. The minimum atomic E-state index is -1.10. The van der Waals surface area contributed by atoms with Crippen molar-refractivity contribution in [3.8, 4) is 0 Å². The molecule has 0 radical (unpaired) electrons. The molecule has 0 aliphatic carbocycles. The third-order valence-electron chi connectivity index (χ3n) is 3.96. The Bertz CT molecular complexity index is 774. The molecule has 2 rings (SSSR count). The normalized spacial score (nSPS) is 11.5. The Kier molecular flexibility index (Phi) is 8.21. The number of hydrogen-bond acceptors (Lipinski definition) is 5. The van der Waals surface area contributed by atoms with Crippen molar-refractivity contribution in [3.63, 3.8) is 0 Å². The van der Waals surface area contributed by atoms with Gasteiger partial charge in [-0.3, -0.25) is 9.59 Å². The second kappa shape index (κ2) is 10.9. The molecule has 0 saturated heterocycles. The lowest BCUT2D eigenvalue weighted by Gasteiger charge is -2.18. The van der Waals surface area contributed by atoms with Crippen molar-refractivity contribution in [2.24, 2.45) is 5.92 Å². The molecule has 1 atom stereocenters. The third-order valence-corrected chi connectivity index (χ3v) is 3.96. The van der Waals surface area contributed by atoms with Gasteiger partial charge in [0.15, 0.2) is 0 Å². The highest BCUT2D eigenvalue weighted by Crippen LogP contribution is 2.07. The molecule has 0 aliphatic heterocycles. The van der Waals surface area contributed by atoms with E-state index in [1.807, 2.05) is 60.7 Å². The average Bonchev–Trinajstić information content (AvgIpc) is 2.71. The second-order valence-electron chi connectivity index (χ2n) is 6.66. The summed E-state index contributed by atoms with van der Waals surface area (Å²) < 4.78 is 10.5. The van der Waals surface area contributed by atoms with Gasteiger partial charge < -0.3 is 14.8 Å². The fraction of sp³-hybridized carbons (Fsp3) is 0.318. The fourth-order valence-electron chi connectivity index (χ4n) is 2.32. The molecule has 1 N–H and O–H groups in total. The number of carbonyl (C=O) groups excluding carboxylic acids is 3. The number of carbonyl (C=O) groups is 3. The summed E-state index contributed by atoms with van der Waals surface area (Å²) in [6, 6.07) is 17.3. The Balaban J connectivity index is 1.94. The molecular formula is C22H25NO5. The first-order valence-corrected chi connectivity index (χ1v) is 9.16. The van der Waals surface area contributed by atoms with Crippen LogP contribution >= 0.6 is 0 Å². The summed E-state index contributed by atoms with van der Waals surface area (Å²) in [4.78, 5) is 36.6. The first-order chi connectivity index (χ1) is 13.5. The van der Waals surface area contributed by atoms with Crippen LogP contribution in [0.25, 0.3) is 0 Å². The van der Waals surface area contributed by atoms with Crippen molar-refractivity contribution in [2.45, 2.75) is 39.5 Å². The van der Waals surface area contributed by atoms with E-state index in [-0.39, 0.29) is 31.5 Å². The van der Waals surface area contributed by atoms with Crippen molar-refractivity contribution >= 4 is 17.8 Å². The standard InChI is InChI=1S/C22H25NO5/c1-16(2)21(25)23-19(22(26)28-15-18-11-7-4-8-12-18)13-20(24)27-14-17-9-5-3-6-10-17/h3-12,16,19H,13-15H2,1-2H3,(H,23,25)/t19-/m0/s1. The van der Waals surface area contributed by atoms with Crippen LogP contribution < -0.4 is 5.32 Å². The van der Waals surface area contributed by atoms with Gasteiger partial charge in [0, 0.05) is 5.92 Å². The Morgan fingerprint density at radius 1 is 0.821 bits per heavy atom. The highest BCUT2D eigenvalue weighted by molar-refractivity contribution is 5.88. The zero-order valence-corrected chi connectivity index (χ0v) is 16.1. The number of ether oxygens (including phenoxy) is 2. The molecule has 0 fully saturated rings. The fourth-order valence-corrected chi connectivity index (χ4v) is 2.32. The molecule has 2 aromatic carbocycles. The molecule has 28 heavy (non-hydrogen) atoms. The highest BCUT2D eigenvalue weighted by Gasteiger charge is 2.27. The summed E-state index contributed by atoms with van der Waals surface area (Å²) in [6.07, 6.45) is -0.293. The smallest absolute Gasteiger partial charge is 0.329 e. The van der Waals surface area contributed by atoms with Gasteiger partial charge in [-0.15, -0.1) is 0 Å². The SMILES string of the molecule is CC(C)C(=O)N[C@@H](CC(=O)OCc1ccccc1)C(=O)OCc1ccccc1. The predicted octanol–water partition coefficient (Wildman–Crippen LogP) is 3.00. The van der Waals surface area contributed by atoms with E-state index < -0.39 is 18.0 Å². The summed E-state index contributed by atoms with van der Waals surface area (Å²) in [5.41, 5.74) is 1.65. The van der Waals surface area contributed by atoms with E-state index in [1.165, 1.54) is 0 Å². The van der Waals surface area contributed by atoms with Crippen LogP contribution in [-0.4, -0.2) is 23.9 Å². The zero-order valence-electron chi connectivity index (χ0n) is 16.1. The zero-order chi connectivity index (χ0) is 20.4. The average molecular weight is 383 g/mol. The van der Waals surface area contributed by atoms with Gasteiger partial charge in [0.25, 0.3) is 0 Å². The van der Waals surface area contributed by atoms with E-state index in [2.05, 4.69) is 5.32 Å². The molecule has 0 spiro atoms. The lowest BCUT2D eigenvalue weighted by molar-refractivity contribution is -0.155. The molecule has 0 aliphatic rings. The van der Waals surface area contributed by atoms with Crippen LogP contribution in [0.3, 0.4) is 0 Å². The minimum absolute atomic E-state index is 0.0623. The minimum Gasteiger partial charge on any atom is -0.461 e. The van der Waals surface area contributed by atoms with Crippen LogP contribution in [-0.2, 0) is 37.1 Å². The molecule has 6 heteroatoms. The summed E-state index contributed by atoms with van der Waals surface area (Å²) in [7, 11) is 0. The van der Waals surface area contributed by atoms with Gasteiger partial charge in [-0.25, -0.2) is 4.79 Å².